The molecular formula is C18H10F3N5OS2. The van der Waals surface area contributed by atoms with Gasteiger partial charge in [0.1, 0.15) is 21.4 Å². The molecule has 4 aromatic rings. The number of halogens is 3. The van der Waals surface area contributed by atoms with Crippen molar-refractivity contribution in [3.8, 4) is 11.5 Å². The van der Waals surface area contributed by atoms with Crippen LogP contribution in [0, 0.1) is 0 Å². The number of carbonyl (C=O) groups is 1. The van der Waals surface area contributed by atoms with Crippen LogP contribution in [0.2, 0.25) is 0 Å². The second kappa shape index (κ2) is 7.76. The molecule has 0 aromatic carbocycles. The third-order valence-electron chi connectivity index (χ3n) is 3.67. The fourth-order valence-corrected chi connectivity index (χ4v) is 3.68. The average molecular weight is 433 g/mol. The SMILES string of the molecule is O=C(Nc1nc(-c2ccccn2)nc2sccc12)c1ccc(SC(F)(F)F)nc1. The maximum absolute atomic E-state index is 12.6. The normalized spacial score (nSPS) is 11.6. The largest absolute Gasteiger partial charge is 0.447 e. The Kier molecular flexibility index (Phi) is 5.16. The number of aromatic nitrogens is 4. The third-order valence-corrected chi connectivity index (χ3v) is 5.16. The van der Waals surface area contributed by atoms with Crippen LogP contribution < -0.4 is 5.32 Å². The Morgan fingerprint density at radius 1 is 1.07 bits per heavy atom. The fraction of sp³-hybridized carbons (Fsp3) is 0.0556. The van der Waals surface area contributed by atoms with Crippen molar-refractivity contribution in [3.05, 3.63) is 59.7 Å². The zero-order valence-electron chi connectivity index (χ0n) is 14.3. The number of hydrogen-bond acceptors (Lipinski definition) is 7. The number of nitrogens with one attached hydrogen (secondary N) is 1. The van der Waals surface area contributed by atoms with Crippen LogP contribution in [0.5, 0.6) is 0 Å². The Hall–Kier alpha value is -3.05. The highest BCUT2D eigenvalue weighted by Gasteiger charge is 2.30. The van der Waals surface area contributed by atoms with Gasteiger partial charge in [0.25, 0.3) is 5.91 Å². The molecule has 0 atom stereocenters. The highest BCUT2D eigenvalue weighted by molar-refractivity contribution is 8.00. The molecule has 0 bridgehead atoms. The molecule has 0 spiro atoms. The van der Waals surface area contributed by atoms with Gasteiger partial charge in [-0.25, -0.2) is 15.0 Å². The van der Waals surface area contributed by atoms with Crippen LogP contribution in [0.1, 0.15) is 10.4 Å². The lowest BCUT2D eigenvalue weighted by Crippen LogP contribution is -2.14. The molecule has 11 heteroatoms. The molecule has 6 nitrogen and oxygen atoms in total. The third kappa shape index (κ3) is 4.51. The van der Waals surface area contributed by atoms with Crippen LogP contribution in [-0.2, 0) is 0 Å². The van der Waals surface area contributed by atoms with E-state index in [0.29, 0.717) is 21.7 Å². The van der Waals surface area contributed by atoms with Gasteiger partial charge in [0.2, 0.25) is 0 Å². The predicted molar refractivity (Wildman–Crippen MR) is 105 cm³/mol. The first kappa shape index (κ1) is 19.3. The van der Waals surface area contributed by atoms with Crippen molar-refractivity contribution in [2.75, 3.05) is 5.32 Å². The van der Waals surface area contributed by atoms with E-state index >= 15 is 0 Å². The number of carbonyl (C=O) groups excluding carboxylic acids is 1. The lowest BCUT2D eigenvalue weighted by atomic mass is 10.2. The van der Waals surface area contributed by atoms with Gasteiger partial charge < -0.3 is 5.32 Å². The molecule has 29 heavy (non-hydrogen) atoms. The maximum atomic E-state index is 12.6. The summed E-state index contributed by atoms with van der Waals surface area (Å²) < 4.78 is 37.2. The minimum absolute atomic E-state index is 0.109. The lowest BCUT2D eigenvalue weighted by molar-refractivity contribution is -0.0329. The summed E-state index contributed by atoms with van der Waals surface area (Å²) >= 11 is 1.05. The van der Waals surface area contributed by atoms with Crippen molar-refractivity contribution in [1.82, 2.24) is 19.9 Å². The quantitative estimate of drug-likeness (QED) is 0.456. The molecule has 0 aliphatic heterocycles. The van der Waals surface area contributed by atoms with Crippen molar-refractivity contribution in [1.29, 1.82) is 0 Å². The first-order valence-corrected chi connectivity index (χ1v) is 9.78. The van der Waals surface area contributed by atoms with Crippen molar-refractivity contribution >= 4 is 45.0 Å². The molecule has 0 aliphatic carbocycles. The maximum Gasteiger partial charge on any atom is 0.447 e. The highest BCUT2D eigenvalue weighted by atomic mass is 32.2. The predicted octanol–water partition coefficient (Wildman–Crippen LogP) is 5.01. The monoisotopic (exact) mass is 433 g/mol. The van der Waals surface area contributed by atoms with Crippen LogP contribution in [-0.4, -0.2) is 31.4 Å². The van der Waals surface area contributed by atoms with Crippen LogP contribution in [0.25, 0.3) is 21.7 Å². The second-order valence-electron chi connectivity index (χ2n) is 5.64. The highest BCUT2D eigenvalue weighted by Crippen LogP contribution is 2.35. The van der Waals surface area contributed by atoms with E-state index in [2.05, 4.69) is 25.3 Å². The first-order valence-electron chi connectivity index (χ1n) is 8.09. The number of anilines is 1. The molecule has 0 saturated carbocycles. The number of nitrogens with zero attached hydrogens (tertiary/aromatic N) is 4. The molecule has 4 rings (SSSR count). The van der Waals surface area contributed by atoms with Gasteiger partial charge in [0.05, 0.1) is 10.9 Å². The molecule has 0 unspecified atom stereocenters. The van der Waals surface area contributed by atoms with Gasteiger partial charge in [0, 0.05) is 24.2 Å². The Labute approximate surface area is 170 Å². The summed E-state index contributed by atoms with van der Waals surface area (Å²) in [7, 11) is 0. The molecule has 4 aromatic heterocycles. The summed E-state index contributed by atoms with van der Waals surface area (Å²) in [6.07, 6.45) is 2.71. The van der Waals surface area contributed by atoms with Gasteiger partial charge in [-0.2, -0.15) is 13.2 Å². The van der Waals surface area contributed by atoms with Crippen molar-refractivity contribution in [2.24, 2.45) is 0 Å². The Balaban J connectivity index is 1.62. The van der Waals surface area contributed by atoms with Gasteiger partial charge in [-0.05, 0) is 35.7 Å². The molecule has 0 fully saturated rings. The summed E-state index contributed by atoms with van der Waals surface area (Å²) in [4.78, 5) is 30.0. The topological polar surface area (TPSA) is 80.7 Å². The average Bonchev–Trinajstić information content (AvgIpc) is 3.17. The fourth-order valence-electron chi connectivity index (χ4n) is 2.43. The van der Waals surface area contributed by atoms with Gasteiger partial charge in [-0.15, -0.1) is 11.3 Å². The van der Waals surface area contributed by atoms with Gasteiger partial charge in [-0.3, -0.25) is 9.78 Å². The number of amides is 1. The first-order chi connectivity index (χ1) is 13.9. The standard InChI is InChI=1S/C18H10F3N5OS2/c19-18(20,21)29-13-5-4-10(9-23-13)16(27)25-14-11-6-8-28-17(11)26-15(24-14)12-3-1-2-7-22-12/h1-9H,(H,24,25,26,27). The van der Waals surface area contributed by atoms with E-state index in [1.807, 2.05) is 5.38 Å². The molecular weight excluding hydrogens is 423 g/mol. The number of thiophene rings is 1. The van der Waals surface area contributed by atoms with Crippen LogP contribution >= 0.6 is 23.1 Å². The summed E-state index contributed by atoms with van der Waals surface area (Å²) in [6.45, 7) is 0. The Morgan fingerprint density at radius 3 is 2.62 bits per heavy atom. The van der Waals surface area contributed by atoms with E-state index in [1.54, 1.807) is 30.5 Å². The molecule has 4 heterocycles. The zero-order valence-corrected chi connectivity index (χ0v) is 16.0. The smallest absolute Gasteiger partial charge is 0.306 e. The number of alkyl halides is 3. The van der Waals surface area contributed by atoms with Crippen LogP contribution in [0.4, 0.5) is 19.0 Å². The number of thioether (sulfide) groups is 1. The van der Waals surface area contributed by atoms with Gasteiger partial charge >= 0.3 is 5.51 Å². The van der Waals surface area contributed by atoms with E-state index in [9.17, 15) is 18.0 Å². The van der Waals surface area contributed by atoms with E-state index in [4.69, 9.17) is 0 Å². The second-order valence-corrected chi connectivity index (χ2v) is 7.62. The molecule has 1 amide bonds. The van der Waals surface area contributed by atoms with Crippen LogP contribution in [0.3, 0.4) is 0 Å². The van der Waals surface area contributed by atoms with Crippen molar-refractivity contribution < 1.29 is 18.0 Å². The van der Waals surface area contributed by atoms with E-state index in [1.165, 1.54) is 17.4 Å². The molecule has 0 aliphatic rings. The van der Waals surface area contributed by atoms with E-state index in [0.717, 1.165) is 12.3 Å². The van der Waals surface area contributed by atoms with Crippen molar-refractivity contribution in [3.63, 3.8) is 0 Å². The molecule has 0 saturated heterocycles. The lowest BCUT2D eigenvalue weighted by Gasteiger charge is -2.08. The zero-order chi connectivity index (χ0) is 20.4. The minimum Gasteiger partial charge on any atom is -0.306 e. The molecule has 146 valence electrons. The van der Waals surface area contributed by atoms with Gasteiger partial charge in [0.15, 0.2) is 5.82 Å². The molecule has 1 N–H and O–H groups in total. The number of pyridine rings is 2. The summed E-state index contributed by atoms with van der Waals surface area (Å²) in [5, 5.41) is 4.92. The number of rotatable bonds is 4. The van der Waals surface area contributed by atoms with E-state index in [-0.39, 0.29) is 28.2 Å². The van der Waals surface area contributed by atoms with Gasteiger partial charge in [-0.1, -0.05) is 6.07 Å². The summed E-state index contributed by atoms with van der Waals surface area (Å²) in [5.74, 6) is 0.0979. The summed E-state index contributed by atoms with van der Waals surface area (Å²) in [5.41, 5.74) is -3.78. The van der Waals surface area contributed by atoms with Crippen molar-refractivity contribution in [2.45, 2.75) is 10.5 Å². The number of hydrogen-bond donors (Lipinski definition) is 1. The van der Waals surface area contributed by atoms with E-state index < -0.39 is 11.4 Å². The summed E-state index contributed by atoms with van der Waals surface area (Å²) in [6, 6.07) is 9.52. The Bertz CT molecular complexity index is 1160. The number of fused-ring (bicyclic) bond motifs is 1. The Morgan fingerprint density at radius 2 is 1.93 bits per heavy atom. The van der Waals surface area contributed by atoms with Crippen LogP contribution in [0.15, 0.2) is 59.2 Å². The molecule has 0 radical (unpaired) electrons. The minimum atomic E-state index is -4.44.